The number of rotatable bonds is 8. The van der Waals surface area contributed by atoms with E-state index in [0.29, 0.717) is 5.92 Å². The summed E-state index contributed by atoms with van der Waals surface area (Å²) in [5.41, 5.74) is 2.53. The molecular formula is C24H31N5O2S2. The Morgan fingerprint density at radius 2 is 1.94 bits per heavy atom. The van der Waals surface area contributed by atoms with Crippen LogP contribution in [0.25, 0.3) is 10.6 Å². The maximum atomic E-state index is 5.92. The summed E-state index contributed by atoms with van der Waals surface area (Å²) in [5.74, 6) is 2.30. The summed E-state index contributed by atoms with van der Waals surface area (Å²) in [4.78, 5) is 8.20. The first-order valence-corrected chi connectivity index (χ1v) is 13.5. The van der Waals surface area contributed by atoms with Gasteiger partial charge in [-0.15, -0.1) is 21.5 Å². The first kappa shape index (κ1) is 22.8. The maximum Gasteiger partial charge on any atom is 0.228 e. The van der Waals surface area contributed by atoms with Crippen molar-refractivity contribution in [1.29, 1.82) is 0 Å². The zero-order valence-corrected chi connectivity index (χ0v) is 20.9. The molecule has 0 saturated carbocycles. The van der Waals surface area contributed by atoms with Gasteiger partial charge in [0.25, 0.3) is 0 Å². The van der Waals surface area contributed by atoms with Crippen molar-refractivity contribution in [1.82, 2.24) is 19.7 Å². The molecule has 2 aliphatic rings. The van der Waals surface area contributed by atoms with E-state index in [4.69, 9.17) is 9.47 Å². The first-order valence-electron chi connectivity index (χ1n) is 11.7. The van der Waals surface area contributed by atoms with Crippen molar-refractivity contribution in [3.8, 4) is 10.6 Å². The average Bonchev–Trinajstić information content (AvgIpc) is 3.60. The third-order valence-electron chi connectivity index (χ3n) is 6.12. The fraction of sp³-hybridized carbons (Fsp3) is 0.542. The normalized spacial score (nSPS) is 19.0. The van der Waals surface area contributed by atoms with Crippen molar-refractivity contribution in [3.63, 3.8) is 0 Å². The van der Waals surface area contributed by atoms with Crippen molar-refractivity contribution in [2.24, 2.45) is 0 Å². The lowest BCUT2D eigenvalue weighted by atomic mass is 10.0. The van der Waals surface area contributed by atoms with E-state index in [1.807, 2.05) is 6.20 Å². The van der Waals surface area contributed by atoms with E-state index in [1.54, 1.807) is 23.1 Å². The van der Waals surface area contributed by atoms with Gasteiger partial charge in [0.2, 0.25) is 5.95 Å². The molecule has 0 amide bonds. The molecule has 176 valence electrons. The molecule has 9 heteroatoms. The minimum Gasteiger partial charge on any atom is -0.378 e. The van der Waals surface area contributed by atoms with Crippen LogP contribution in [-0.4, -0.2) is 58.8 Å². The molecule has 1 unspecified atom stereocenters. The summed E-state index contributed by atoms with van der Waals surface area (Å²) in [7, 11) is 0. The van der Waals surface area contributed by atoms with Gasteiger partial charge in [0.1, 0.15) is 5.01 Å². The molecule has 7 nitrogen and oxygen atoms in total. The van der Waals surface area contributed by atoms with Crippen molar-refractivity contribution in [2.45, 2.75) is 56.2 Å². The number of thioether (sulfide) groups is 1. The zero-order chi connectivity index (χ0) is 22.6. The Morgan fingerprint density at radius 1 is 1.12 bits per heavy atom. The summed E-state index contributed by atoms with van der Waals surface area (Å²) in [6.07, 6.45) is 4.46. The van der Waals surface area contributed by atoms with E-state index in [0.717, 1.165) is 74.2 Å². The summed E-state index contributed by atoms with van der Waals surface area (Å²) in [5, 5.41) is 11.1. The lowest BCUT2D eigenvalue weighted by molar-refractivity contribution is 0.0942. The molecule has 4 heterocycles. The van der Waals surface area contributed by atoms with E-state index in [-0.39, 0.29) is 6.10 Å². The monoisotopic (exact) mass is 485 g/mol. The number of hydrogen-bond acceptors (Lipinski definition) is 8. The van der Waals surface area contributed by atoms with Gasteiger partial charge in [0.15, 0.2) is 5.16 Å². The second kappa shape index (κ2) is 10.5. The topological polar surface area (TPSA) is 65.3 Å². The number of aromatic nitrogens is 4. The zero-order valence-electron chi connectivity index (χ0n) is 19.3. The number of hydrogen-bond donors (Lipinski definition) is 0. The molecular weight excluding hydrogens is 454 g/mol. The van der Waals surface area contributed by atoms with Gasteiger partial charge < -0.3 is 14.4 Å². The number of ether oxygens (including phenoxy) is 2. The highest BCUT2D eigenvalue weighted by Gasteiger charge is 2.25. The number of anilines is 1. The molecule has 2 aliphatic heterocycles. The van der Waals surface area contributed by atoms with Gasteiger partial charge in [0.05, 0.1) is 25.9 Å². The molecule has 1 atom stereocenters. The molecule has 0 radical (unpaired) electrons. The van der Waals surface area contributed by atoms with Gasteiger partial charge in [0, 0.05) is 42.1 Å². The highest BCUT2D eigenvalue weighted by atomic mass is 32.2. The Hall–Kier alpha value is -1.94. The number of morpholine rings is 1. The van der Waals surface area contributed by atoms with E-state index < -0.39 is 0 Å². The molecule has 0 bridgehead atoms. The van der Waals surface area contributed by atoms with Crippen LogP contribution in [0.2, 0.25) is 0 Å². The molecule has 2 saturated heterocycles. The van der Waals surface area contributed by atoms with Crippen molar-refractivity contribution < 1.29 is 9.47 Å². The van der Waals surface area contributed by atoms with Crippen LogP contribution in [0.15, 0.2) is 35.6 Å². The maximum absolute atomic E-state index is 5.92. The highest BCUT2D eigenvalue weighted by molar-refractivity contribution is 7.98. The third-order valence-corrected chi connectivity index (χ3v) is 8.37. The predicted molar refractivity (Wildman–Crippen MR) is 133 cm³/mol. The fourth-order valence-corrected chi connectivity index (χ4v) is 6.07. The molecule has 2 fully saturated rings. The third kappa shape index (κ3) is 5.42. The summed E-state index contributed by atoms with van der Waals surface area (Å²) in [6, 6.07) is 8.77. The Bertz CT molecular complexity index is 1040. The SMILES string of the molecule is CC(C)c1ccc(-c2ncc(CSc3nnc(N4CCOCC4)n3CC3CCCO3)s2)cc1. The van der Waals surface area contributed by atoms with Crippen molar-refractivity contribution in [3.05, 3.63) is 40.9 Å². The molecule has 33 heavy (non-hydrogen) atoms. The van der Waals surface area contributed by atoms with Gasteiger partial charge in [-0.05, 0) is 24.3 Å². The second-order valence-electron chi connectivity index (χ2n) is 8.82. The Kier molecular flexibility index (Phi) is 7.30. The molecule has 0 N–H and O–H groups in total. The smallest absolute Gasteiger partial charge is 0.228 e. The minimum absolute atomic E-state index is 0.240. The van der Waals surface area contributed by atoms with E-state index in [2.05, 4.69) is 62.8 Å². The van der Waals surface area contributed by atoms with Crippen LogP contribution in [0.5, 0.6) is 0 Å². The molecule has 0 aliphatic carbocycles. The predicted octanol–water partition coefficient (Wildman–Crippen LogP) is 4.83. The highest BCUT2D eigenvalue weighted by Crippen LogP contribution is 2.32. The van der Waals surface area contributed by atoms with E-state index >= 15 is 0 Å². The lowest BCUT2D eigenvalue weighted by Crippen LogP contribution is -2.38. The van der Waals surface area contributed by atoms with Gasteiger partial charge in [-0.1, -0.05) is 49.9 Å². The quantitative estimate of drug-likeness (QED) is 0.423. The van der Waals surface area contributed by atoms with E-state index in [9.17, 15) is 0 Å². The number of nitrogens with zero attached hydrogens (tertiary/aromatic N) is 5. The number of thiazole rings is 1. The molecule has 0 spiro atoms. The van der Waals surface area contributed by atoms with Crippen LogP contribution in [-0.2, 0) is 21.8 Å². The van der Waals surface area contributed by atoms with Crippen LogP contribution in [0.3, 0.4) is 0 Å². The van der Waals surface area contributed by atoms with Crippen LogP contribution in [0.4, 0.5) is 5.95 Å². The minimum atomic E-state index is 0.240. The van der Waals surface area contributed by atoms with E-state index in [1.165, 1.54) is 16.0 Å². The average molecular weight is 486 g/mol. The second-order valence-corrected chi connectivity index (χ2v) is 10.9. The number of benzene rings is 1. The van der Waals surface area contributed by atoms with Crippen LogP contribution in [0, 0.1) is 0 Å². The summed E-state index contributed by atoms with van der Waals surface area (Å²) < 4.78 is 13.7. The standard InChI is InChI=1S/C24H31N5O2S2/c1-17(2)18-5-7-19(8-6-18)22-25-14-21(33-22)16-32-24-27-26-23(28-9-12-30-13-10-28)29(24)15-20-4-3-11-31-20/h5-8,14,17,20H,3-4,9-13,15-16H2,1-2H3. The largest absolute Gasteiger partial charge is 0.378 e. The van der Waals surface area contributed by atoms with Crippen LogP contribution < -0.4 is 4.90 Å². The summed E-state index contributed by atoms with van der Waals surface area (Å²) in [6.45, 7) is 9.26. The Labute approximate surface area is 203 Å². The molecule has 5 rings (SSSR count). The fourth-order valence-electron chi connectivity index (χ4n) is 4.19. The van der Waals surface area contributed by atoms with Crippen LogP contribution >= 0.6 is 23.1 Å². The molecule has 1 aromatic carbocycles. The van der Waals surface area contributed by atoms with Crippen molar-refractivity contribution >= 4 is 29.0 Å². The molecule has 3 aromatic rings. The lowest BCUT2D eigenvalue weighted by Gasteiger charge is -2.28. The van der Waals surface area contributed by atoms with Crippen molar-refractivity contribution in [2.75, 3.05) is 37.8 Å². The summed E-state index contributed by atoms with van der Waals surface area (Å²) >= 11 is 3.48. The van der Waals surface area contributed by atoms with Gasteiger partial charge in [-0.25, -0.2) is 4.98 Å². The Balaban J connectivity index is 1.29. The van der Waals surface area contributed by atoms with Crippen LogP contribution in [0.1, 0.15) is 43.0 Å². The van der Waals surface area contributed by atoms with Gasteiger partial charge in [-0.2, -0.15) is 0 Å². The van der Waals surface area contributed by atoms with Gasteiger partial charge in [-0.3, -0.25) is 4.57 Å². The Morgan fingerprint density at radius 3 is 2.67 bits per heavy atom. The first-order chi connectivity index (χ1) is 16.2. The molecule has 2 aromatic heterocycles. The van der Waals surface area contributed by atoms with Gasteiger partial charge >= 0.3 is 0 Å².